The third-order valence-electron chi connectivity index (χ3n) is 2.59. The van der Waals surface area contributed by atoms with Crippen molar-refractivity contribution in [1.29, 1.82) is 0 Å². The Labute approximate surface area is 87.7 Å². The molecule has 13 heavy (non-hydrogen) atoms. The van der Waals surface area contributed by atoms with Crippen LogP contribution in [0.3, 0.4) is 0 Å². The van der Waals surface area contributed by atoms with E-state index in [-0.39, 0.29) is 0 Å². The molecule has 0 spiro atoms. The average molecular weight is 213 g/mol. The highest BCUT2D eigenvalue weighted by Gasteiger charge is 2.22. The van der Waals surface area contributed by atoms with Gasteiger partial charge < -0.3 is 5.73 Å². The molecular formula is C10H15NS2. The fourth-order valence-corrected chi connectivity index (χ4v) is 3.85. The Morgan fingerprint density at radius 2 is 2.54 bits per heavy atom. The molecule has 2 atom stereocenters. The standard InChI is InChI=1S/C10H15NS2/c11-10(8-3-5-12-7-8)6-9-2-1-4-13-9/h1-2,4,8,10H,3,5-7,11H2. The van der Waals surface area contributed by atoms with Gasteiger partial charge >= 0.3 is 0 Å². The Morgan fingerprint density at radius 3 is 3.15 bits per heavy atom. The zero-order valence-corrected chi connectivity index (χ0v) is 9.24. The van der Waals surface area contributed by atoms with Gasteiger partial charge in [0.2, 0.25) is 0 Å². The largest absolute Gasteiger partial charge is 0.327 e. The number of hydrogen-bond acceptors (Lipinski definition) is 3. The van der Waals surface area contributed by atoms with E-state index >= 15 is 0 Å². The van der Waals surface area contributed by atoms with Gasteiger partial charge in [0.05, 0.1) is 0 Å². The van der Waals surface area contributed by atoms with E-state index in [4.69, 9.17) is 5.73 Å². The summed E-state index contributed by atoms with van der Waals surface area (Å²) in [4.78, 5) is 1.43. The topological polar surface area (TPSA) is 26.0 Å². The number of thiophene rings is 1. The van der Waals surface area contributed by atoms with Gasteiger partial charge in [0.15, 0.2) is 0 Å². The second-order valence-corrected chi connectivity index (χ2v) is 5.75. The van der Waals surface area contributed by atoms with E-state index in [0.717, 1.165) is 12.3 Å². The van der Waals surface area contributed by atoms with Crippen LogP contribution < -0.4 is 5.73 Å². The zero-order chi connectivity index (χ0) is 9.10. The fraction of sp³-hybridized carbons (Fsp3) is 0.600. The summed E-state index contributed by atoms with van der Waals surface area (Å²) in [7, 11) is 0. The van der Waals surface area contributed by atoms with Crippen molar-refractivity contribution < 1.29 is 0 Å². The molecule has 1 aliphatic heterocycles. The van der Waals surface area contributed by atoms with Crippen LogP contribution in [-0.4, -0.2) is 17.5 Å². The van der Waals surface area contributed by atoms with Crippen LogP contribution in [0.15, 0.2) is 17.5 Å². The van der Waals surface area contributed by atoms with Crippen molar-refractivity contribution in [2.75, 3.05) is 11.5 Å². The molecule has 0 bridgehead atoms. The molecule has 72 valence electrons. The summed E-state index contributed by atoms with van der Waals surface area (Å²) in [5, 5.41) is 2.13. The van der Waals surface area contributed by atoms with Crippen molar-refractivity contribution in [2.45, 2.75) is 18.9 Å². The van der Waals surface area contributed by atoms with Crippen LogP contribution in [0.25, 0.3) is 0 Å². The predicted octanol–water partition coefficient (Wildman–Crippen LogP) is 2.37. The second-order valence-electron chi connectivity index (χ2n) is 3.57. The van der Waals surface area contributed by atoms with Crippen LogP contribution in [0.4, 0.5) is 0 Å². The monoisotopic (exact) mass is 213 g/mol. The average Bonchev–Trinajstić information content (AvgIpc) is 2.74. The van der Waals surface area contributed by atoms with Gasteiger partial charge in [-0.05, 0) is 41.7 Å². The predicted molar refractivity (Wildman–Crippen MR) is 61.4 cm³/mol. The molecule has 2 rings (SSSR count). The summed E-state index contributed by atoms with van der Waals surface area (Å²) < 4.78 is 0. The fourth-order valence-electron chi connectivity index (χ4n) is 1.72. The Kier molecular flexibility index (Phi) is 3.30. The number of hydrogen-bond donors (Lipinski definition) is 1. The number of nitrogens with two attached hydrogens (primary N) is 1. The maximum absolute atomic E-state index is 6.16. The van der Waals surface area contributed by atoms with Crippen LogP contribution in [-0.2, 0) is 6.42 Å². The molecule has 1 aromatic rings. The molecule has 1 aromatic heterocycles. The van der Waals surface area contributed by atoms with E-state index in [1.54, 1.807) is 0 Å². The van der Waals surface area contributed by atoms with E-state index in [2.05, 4.69) is 17.5 Å². The second kappa shape index (κ2) is 4.49. The maximum atomic E-state index is 6.16. The zero-order valence-electron chi connectivity index (χ0n) is 7.61. The smallest absolute Gasteiger partial charge is 0.0124 e. The van der Waals surface area contributed by atoms with Crippen molar-refractivity contribution in [3.05, 3.63) is 22.4 Å². The Morgan fingerprint density at radius 1 is 1.62 bits per heavy atom. The third kappa shape index (κ3) is 2.48. The lowest BCUT2D eigenvalue weighted by Crippen LogP contribution is -2.31. The van der Waals surface area contributed by atoms with E-state index in [0.29, 0.717) is 6.04 Å². The lowest BCUT2D eigenvalue weighted by molar-refractivity contribution is 0.465. The van der Waals surface area contributed by atoms with Gasteiger partial charge in [-0.3, -0.25) is 0 Å². The van der Waals surface area contributed by atoms with Gasteiger partial charge in [-0.1, -0.05) is 6.07 Å². The molecule has 0 aliphatic carbocycles. The first-order valence-corrected chi connectivity index (χ1v) is 6.75. The molecule has 0 amide bonds. The minimum Gasteiger partial charge on any atom is -0.327 e. The Balaban J connectivity index is 1.87. The molecule has 0 saturated carbocycles. The molecule has 3 heteroatoms. The first-order valence-electron chi connectivity index (χ1n) is 4.72. The van der Waals surface area contributed by atoms with E-state index in [1.807, 2.05) is 23.1 Å². The van der Waals surface area contributed by atoms with Gasteiger partial charge in [-0.15, -0.1) is 11.3 Å². The van der Waals surface area contributed by atoms with Crippen LogP contribution >= 0.6 is 23.1 Å². The Bertz CT molecular complexity index is 239. The molecule has 0 radical (unpaired) electrons. The molecule has 1 nitrogen and oxygen atoms in total. The van der Waals surface area contributed by atoms with Crippen LogP contribution in [0, 0.1) is 5.92 Å². The van der Waals surface area contributed by atoms with Gasteiger partial charge in [0.1, 0.15) is 0 Å². The van der Waals surface area contributed by atoms with Crippen LogP contribution in [0.1, 0.15) is 11.3 Å². The summed E-state index contributed by atoms with van der Waals surface area (Å²) in [6.45, 7) is 0. The molecule has 1 saturated heterocycles. The molecule has 1 fully saturated rings. The quantitative estimate of drug-likeness (QED) is 0.834. The summed E-state index contributed by atoms with van der Waals surface area (Å²) in [6, 6.07) is 4.68. The normalized spacial score (nSPS) is 24.8. The van der Waals surface area contributed by atoms with Crippen LogP contribution in [0.5, 0.6) is 0 Å². The minimum absolute atomic E-state index is 0.383. The summed E-state index contributed by atoms with van der Waals surface area (Å²) in [6.07, 6.45) is 2.39. The Hall–Kier alpha value is 0.01000. The SMILES string of the molecule is NC(Cc1cccs1)C1CCSC1. The molecule has 1 aliphatic rings. The highest BCUT2D eigenvalue weighted by molar-refractivity contribution is 7.99. The van der Waals surface area contributed by atoms with Crippen LogP contribution in [0.2, 0.25) is 0 Å². The first kappa shape index (κ1) is 9.56. The van der Waals surface area contributed by atoms with Crippen molar-refractivity contribution >= 4 is 23.1 Å². The van der Waals surface area contributed by atoms with E-state index in [1.165, 1.54) is 22.8 Å². The first-order chi connectivity index (χ1) is 6.36. The molecule has 2 unspecified atom stereocenters. The summed E-state index contributed by atoms with van der Waals surface area (Å²) in [5.41, 5.74) is 6.16. The maximum Gasteiger partial charge on any atom is 0.0124 e. The van der Waals surface area contributed by atoms with Crippen molar-refractivity contribution in [3.8, 4) is 0 Å². The van der Waals surface area contributed by atoms with Crippen molar-refractivity contribution in [2.24, 2.45) is 11.7 Å². The van der Waals surface area contributed by atoms with Gasteiger partial charge in [0, 0.05) is 10.9 Å². The highest BCUT2D eigenvalue weighted by Crippen LogP contribution is 2.27. The van der Waals surface area contributed by atoms with Gasteiger partial charge in [-0.2, -0.15) is 11.8 Å². The third-order valence-corrected chi connectivity index (χ3v) is 4.67. The van der Waals surface area contributed by atoms with E-state index < -0.39 is 0 Å². The minimum atomic E-state index is 0.383. The van der Waals surface area contributed by atoms with Gasteiger partial charge in [-0.25, -0.2) is 0 Å². The molecular weight excluding hydrogens is 198 g/mol. The number of rotatable bonds is 3. The van der Waals surface area contributed by atoms with Gasteiger partial charge in [0.25, 0.3) is 0 Å². The summed E-state index contributed by atoms with van der Waals surface area (Å²) in [5.74, 6) is 3.34. The molecule has 2 N–H and O–H groups in total. The highest BCUT2D eigenvalue weighted by atomic mass is 32.2. The number of thioether (sulfide) groups is 1. The lowest BCUT2D eigenvalue weighted by atomic mass is 9.97. The molecule has 0 aromatic carbocycles. The summed E-state index contributed by atoms with van der Waals surface area (Å²) >= 11 is 3.87. The van der Waals surface area contributed by atoms with E-state index in [9.17, 15) is 0 Å². The lowest BCUT2D eigenvalue weighted by Gasteiger charge is -2.16. The van der Waals surface area contributed by atoms with Crippen molar-refractivity contribution in [3.63, 3.8) is 0 Å². The van der Waals surface area contributed by atoms with Crippen molar-refractivity contribution in [1.82, 2.24) is 0 Å². The molecule has 2 heterocycles.